The highest BCUT2D eigenvalue weighted by Crippen LogP contribution is 2.22. The number of nitrogens with zero attached hydrogens (tertiary/aromatic N) is 3. The van der Waals surface area contributed by atoms with E-state index in [-0.39, 0.29) is 0 Å². The van der Waals surface area contributed by atoms with Gasteiger partial charge in [0.25, 0.3) is 0 Å². The molecule has 2 N–H and O–H groups in total. The Bertz CT molecular complexity index is 1000. The summed E-state index contributed by atoms with van der Waals surface area (Å²) in [6.07, 6.45) is 5.91. The van der Waals surface area contributed by atoms with Gasteiger partial charge >= 0.3 is 0 Å². The van der Waals surface area contributed by atoms with Crippen LogP contribution in [0.4, 0.5) is 11.6 Å². The van der Waals surface area contributed by atoms with E-state index in [1.165, 1.54) is 11.1 Å². The predicted octanol–water partition coefficient (Wildman–Crippen LogP) is 5.07. The SMILES string of the molecule is c1ccc(CCCNCc2ccc(Nc3cccc(-c4nccs4)n3)nc2)cc1. The molecule has 0 fully saturated rings. The largest absolute Gasteiger partial charge is 0.325 e. The predicted molar refractivity (Wildman–Crippen MR) is 119 cm³/mol. The molecule has 4 aromatic rings. The number of anilines is 2. The zero-order valence-corrected chi connectivity index (χ0v) is 16.9. The molecule has 0 amide bonds. The molecule has 0 saturated heterocycles. The molecule has 0 unspecified atom stereocenters. The maximum atomic E-state index is 4.61. The summed E-state index contributed by atoms with van der Waals surface area (Å²) in [5.41, 5.74) is 3.42. The molecule has 0 bridgehead atoms. The number of hydrogen-bond donors (Lipinski definition) is 2. The molecule has 0 spiro atoms. The molecule has 0 saturated carbocycles. The van der Waals surface area contributed by atoms with Crippen molar-refractivity contribution in [3.05, 3.63) is 89.6 Å². The zero-order valence-electron chi connectivity index (χ0n) is 16.1. The minimum Gasteiger partial charge on any atom is -0.325 e. The molecule has 1 aromatic carbocycles. The van der Waals surface area contributed by atoms with E-state index in [2.05, 4.69) is 62.0 Å². The van der Waals surface area contributed by atoms with Crippen molar-refractivity contribution < 1.29 is 0 Å². The molecule has 0 radical (unpaired) electrons. The summed E-state index contributed by atoms with van der Waals surface area (Å²) in [6.45, 7) is 1.81. The molecule has 0 aliphatic rings. The Morgan fingerprint density at radius 3 is 2.55 bits per heavy atom. The van der Waals surface area contributed by atoms with Crippen molar-refractivity contribution in [1.29, 1.82) is 0 Å². The maximum Gasteiger partial charge on any atom is 0.141 e. The average Bonchev–Trinajstić information content (AvgIpc) is 3.31. The van der Waals surface area contributed by atoms with Gasteiger partial charge < -0.3 is 10.6 Å². The fraction of sp³-hybridized carbons (Fsp3) is 0.174. The van der Waals surface area contributed by atoms with Crippen LogP contribution in [0.25, 0.3) is 10.7 Å². The first kappa shape index (κ1) is 19.2. The van der Waals surface area contributed by atoms with Gasteiger partial charge in [0, 0.05) is 24.3 Å². The molecule has 0 aliphatic heterocycles. The van der Waals surface area contributed by atoms with Crippen molar-refractivity contribution in [3.8, 4) is 10.7 Å². The second-order valence-electron chi connectivity index (χ2n) is 6.69. The van der Waals surface area contributed by atoms with Gasteiger partial charge in [-0.05, 0) is 48.7 Å². The normalized spacial score (nSPS) is 10.8. The molecule has 3 aromatic heterocycles. The van der Waals surface area contributed by atoms with E-state index in [1.54, 1.807) is 17.5 Å². The molecule has 29 heavy (non-hydrogen) atoms. The van der Waals surface area contributed by atoms with Crippen molar-refractivity contribution in [2.75, 3.05) is 11.9 Å². The van der Waals surface area contributed by atoms with Crippen LogP contribution in [0.2, 0.25) is 0 Å². The van der Waals surface area contributed by atoms with Crippen LogP contribution < -0.4 is 10.6 Å². The lowest BCUT2D eigenvalue weighted by Gasteiger charge is -2.08. The first-order valence-corrected chi connectivity index (χ1v) is 10.6. The number of aromatic nitrogens is 3. The van der Waals surface area contributed by atoms with Gasteiger partial charge in [-0.1, -0.05) is 42.5 Å². The minimum absolute atomic E-state index is 0.761. The van der Waals surface area contributed by atoms with Crippen molar-refractivity contribution in [1.82, 2.24) is 20.3 Å². The Balaban J connectivity index is 1.24. The van der Waals surface area contributed by atoms with E-state index in [0.29, 0.717) is 0 Å². The summed E-state index contributed by atoms with van der Waals surface area (Å²) < 4.78 is 0. The standard InChI is InChI=1S/C23H23N5S/c1-2-6-18(7-3-1)8-5-13-24-16-19-11-12-21(26-17-19)28-22-10-4-9-20(27-22)23-25-14-15-29-23/h1-4,6-7,9-12,14-15,17,24H,5,8,13,16H2,(H,26,27,28). The number of rotatable bonds is 9. The first-order valence-electron chi connectivity index (χ1n) is 9.70. The van der Waals surface area contributed by atoms with Crippen LogP contribution in [-0.2, 0) is 13.0 Å². The zero-order chi connectivity index (χ0) is 19.7. The molecule has 4 rings (SSSR count). The molecule has 6 heteroatoms. The van der Waals surface area contributed by atoms with Gasteiger partial charge in [-0.15, -0.1) is 11.3 Å². The second kappa shape index (κ2) is 9.91. The number of benzene rings is 1. The van der Waals surface area contributed by atoms with Crippen LogP contribution in [0.1, 0.15) is 17.5 Å². The maximum absolute atomic E-state index is 4.61. The first-order chi connectivity index (χ1) is 14.4. The van der Waals surface area contributed by atoms with Crippen LogP contribution in [0, 0.1) is 0 Å². The molecule has 146 valence electrons. The second-order valence-corrected chi connectivity index (χ2v) is 7.58. The van der Waals surface area contributed by atoms with Gasteiger partial charge in [0.15, 0.2) is 0 Å². The van der Waals surface area contributed by atoms with Gasteiger partial charge in [-0.25, -0.2) is 15.0 Å². The van der Waals surface area contributed by atoms with Crippen LogP contribution in [0.3, 0.4) is 0 Å². The molecule has 0 aliphatic carbocycles. The number of hydrogen-bond acceptors (Lipinski definition) is 6. The van der Waals surface area contributed by atoms with E-state index >= 15 is 0 Å². The molecular formula is C23H23N5S. The Kier molecular flexibility index (Phi) is 6.57. The fourth-order valence-electron chi connectivity index (χ4n) is 3.00. The van der Waals surface area contributed by atoms with Crippen LogP contribution in [0.5, 0.6) is 0 Å². The number of pyridine rings is 2. The highest BCUT2D eigenvalue weighted by Gasteiger charge is 2.04. The van der Waals surface area contributed by atoms with Crippen molar-refractivity contribution in [2.45, 2.75) is 19.4 Å². The lowest BCUT2D eigenvalue weighted by molar-refractivity contribution is 0.648. The lowest BCUT2D eigenvalue weighted by atomic mass is 10.1. The topological polar surface area (TPSA) is 62.7 Å². The molecule has 5 nitrogen and oxygen atoms in total. The lowest BCUT2D eigenvalue weighted by Crippen LogP contribution is -2.15. The minimum atomic E-state index is 0.761. The van der Waals surface area contributed by atoms with E-state index in [4.69, 9.17) is 0 Å². The van der Waals surface area contributed by atoms with Crippen LogP contribution in [0.15, 0.2) is 78.4 Å². The highest BCUT2D eigenvalue weighted by atomic mass is 32.1. The van der Waals surface area contributed by atoms with Gasteiger partial charge in [-0.2, -0.15) is 0 Å². The van der Waals surface area contributed by atoms with Crippen molar-refractivity contribution in [2.24, 2.45) is 0 Å². The number of thiazole rings is 1. The Labute approximate surface area is 174 Å². The average molecular weight is 402 g/mol. The summed E-state index contributed by atoms with van der Waals surface area (Å²) >= 11 is 1.58. The van der Waals surface area contributed by atoms with E-state index in [1.807, 2.05) is 35.8 Å². The summed E-state index contributed by atoms with van der Waals surface area (Å²) in [5, 5.41) is 9.61. The van der Waals surface area contributed by atoms with E-state index in [0.717, 1.165) is 48.3 Å². The third kappa shape index (κ3) is 5.70. The van der Waals surface area contributed by atoms with Crippen molar-refractivity contribution in [3.63, 3.8) is 0 Å². The van der Waals surface area contributed by atoms with Gasteiger partial charge in [0.05, 0.1) is 0 Å². The quantitative estimate of drug-likeness (QED) is 0.384. The number of aryl methyl sites for hydroxylation is 1. The van der Waals surface area contributed by atoms with Crippen LogP contribution >= 0.6 is 11.3 Å². The summed E-state index contributed by atoms with van der Waals surface area (Å²) in [6, 6.07) is 20.5. The fourth-order valence-corrected chi connectivity index (χ4v) is 3.61. The smallest absolute Gasteiger partial charge is 0.141 e. The Morgan fingerprint density at radius 2 is 1.76 bits per heavy atom. The monoisotopic (exact) mass is 401 g/mol. The highest BCUT2D eigenvalue weighted by molar-refractivity contribution is 7.13. The van der Waals surface area contributed by atoms with E-state index in [9.17, 15) is 0 Å². The summed E-state index contributed by atoms with van der Waals surface area (Å²) in [4.78, 5) is 13.4. The summed E-state index contributed by atoms with van der Waals surface area (Å²) in [7, 11) is 0. The van der Waals surface area contributed by atoms with Gasteiger partial charge in [0.2, 0.25) is 0 Å². The summed E-state index contributed by atoms with van der Waals surface area (Å²) in [5.74, 6) is 1.54. The molecule has 0 atom stereocenters. The third-order valence-electron chi connectivity index (χ3n) is 4.47. The molecule has 3 heterocycles. The van der Waals surface area contributed by atoms with Crippen LogP contribution in [-0.4, -0.2) is 21.5 Å². The molecular weight excluding hydrogens is 378 g/mol. The Hall–Kier alpha value is -3.09. The third-order valence-corrected chi connectivity index (χ3v) is 5.27. The van der Waals surface area contributed by atoms with Crippen molar-refractivity contribution >= 4 is 23.0 Å². The van der Waals surface area contributed by atoms with Gasteiger partial charge in [-0.3, -0.25) is 0 Å². The Morgan fingerprint density at radius 1 is 0.828 bits per heavy atom. The van der Waals surface area contributed by atoms with Gasteiger partial charge in [0.1, 0.15) is 22.3 Å². The van der Waals surface area contributed by atoms with E-state index < -0.39 is 0 Å². The number of nitrogens with one attached hydrogen (secondary N) is 2.